The minimum atomic E-state index is -3.59. The van der Waals surface area contributed by atoms with Crippen molar-refractivity contribution in [3.8, 4) is 0 Å². The van der Waals surface area contributed by atoms with E-state index in [1.54, 1.807) is 23.5 Å². The van der Waals surface area contributed by atoms with Gasteiger partial charge in [0.05, 0.1) is 4.90 Å². The average Bonchev–Trinajstić information content (AvgIpc) is 3.26. The van der Waals surface area contributed by atoms with Crippen molar-refractivity contribution in [2.45, 2.75) is 24.3 Å². The molecule has 0 bridgehead atoms. The van der Waals surface area contributed by atoms with Gasteiger partial charge >= 0.3 is 0 Å². The van der Waals surface area contributed by atoms with Crippen molar-refractivity contribution in [2.24, 2.45) is 0 Å². The maximum atomic E-state index is 12.8. The first-order chi connectivity index (χ1) is 14.0. The molecular weight excluding hydrogens is 404 g/mol. The molecule has 150 valence electrons. The number of sulfonamides is 1. The van der Waals surface area contributed by atoms with Gasteiger partial charge in [-0.2, -0.15) is 0 Å². The van der Waals surface area contributed by atoms with Crippen LogP contribution in [0.2, 0.25) is 0 Å². The number of benzene rings is 2. The highest BCUT2D eigenvalue weighted by atomic mass is 32.2. The molecular formula is C22H22N2O3S2. The van der Waals surface area contributed by atoms with E-state index in [0.29, 0.717) is 31.6 Å². The fourth-order valence-electron chi connectivity index (χ4n) is 3.48. The summed E-state index contributed by atoms with van der Waals surface area (Å²) in [6, 6.07) is 18.3. The van der Waals surface area contributed by atoms with E-state index in [0.717, 1.165) is 11.3 Å². The van der Waals surface area contributed by atoms with Crippen LogP contribution in [0, 0.1) is 0 Å². The Labute approximate surface area is 175 Å². The van der Waals surface area contributed by atoms with E-state index in [1.165, 1.54) is 23.3 Å². The smallest absolute Gasteiger partial charge is 0.254 e. The number of hydrogen-bond acceptors (Lipinski definition) is 4. The average molecular weight is 427 g/mol. The summed E-state index contributed by atoms with van der Waals surface area (Å²) in [5.41, 5.74) is 2.95. The second-order valence-electron chi connectivity index (χ2n) is 7.00. The number of nitrogens with zero attached hydrogens (tertiary/aromatic N) is 1. The van der Waals surface area contributed by atoms with Gasteiger partial charge in [0, 0.05) is 30.1 Å². The Morgan fingerprint density at radius 2 is 1.76 bits per heavy atom. The maximum Gasteiger partial charge on any atom is 0.254 e. The fraction of sp³-hybridized carbons (Fsp3) is 0.227. The Morgan fingerprint density at radius 3 is 2.48 bits per heavy atom. The predicted molar refractivity (Wildman–Crippen MR) is 115 cm³/mol. The molecule has 7 heteroatoms. The summed E-state index contributed by atoms with van der Waals surface area (Å²) in [5.74, 6) is -0.0749. The Kier molecular flexibility index (Phi) is 5.80. The van der Waals surface area contributed by atoms with Gasteiger partial charge in [0.2, 0.25) is 10.0 Å². The lowest BCUT2D eigenvalue weighted by Crippen LogP contribution is -2.36. The highest BCUT2D eigenvalue weighted by Crippen LogP contribution is 2.21. The van der Waals surface area contributed by atoms with Gasteiger partial charge in [-0.1, -0.05) is 30.3 Å². The predicted octanol–water partition coefficient (Wildman–Crippen LogP) is 3.47. The molecule has 29 heavy (non-hydrogen) atoms. The summed E-state index contributed by atoms with van der Waals surface area (Å²) in [5, 5.41) is 1.97. The fourth-order valence-corrected chi connectivity index (χ4v) is 5.22. The lowest BCUT2D eigenvalue weighted by Gasteiger charge is -2.29. The number of fused-ring (bicyclic) bond motifs is 1. The lowest BCUT2D eigenvalue weighted by molar-refractivity contribution is 0.0734. The summed E-state index contributed by atoms with van der Waals surface area (Å²) in [7, 11) is -3.59. The molecule has 1 amide bonds. The van der Waals surface area contributed by atoms with E-state index in [1.807, 2.05) is 40.6 Å². The molecule has 0 radical (unpaired) electrons. The third-order valence-electron chi connectivity index (χ3n) is 5.07. The lowest BCUT2D eigenvalue weighted by atomic mass is 9.99. The summed E-state index contributed by atoms with van der Waals surface area (Å²) in [6.07, 6.45) is 1.49. The quantitative estimate of drug-likeness (QED) is 0.656. The van der Waals surface area contributed by atoms with Crippen LogP contribution in [0.25, 0.3) is 0 Å². The van der Waals surface area contributed by atoms with E-state index in [9.17, 15) is 13.2 Å². The first-order valence-electron chi connectivity index (χ1n) is 9.51. The molecule has 0 saturated heterocycles. The normalized spacial score (nSPS) is 13.9. The molecule has 0 aliphatic carbocycles. The monoisotopic (exact) mass is 426 g/mol. The van der Waals surface area contributed by atoms with Crippen molar-refractivity contribution < 1.29 is 13.2 Å². The number of hydrogen-bond donors (Lipinski definition) is 1. The molecule has 4 rings (SSSR count). The topological polar surface area (TPSA) is 66.5 Å². The minimum absolute atomic E-state index is 0.0749. The summed E-state index contributed by atoms with van der Waals surface area (Å²) in [4.78, 5) is 16.0. The van der Waals surface area contributed by atoms with Crippen molar-refractivity contribution in [3.05, 3.63) is 87.6 Å². The van der Waals surface area contributed by atoms with E-state index >= 15 is 0 Å². The largest absolute Gasteiger partial charge is 0.334 e. The molecule has 0 unspecified atom stereocenters. The Hall–Kier alpha value is -2.48. The van der Waals surface area contributed by atoms with Gasteiger partial charge in [-0.15, -0.1) is 11.3 Å². The Balaban J connectivity index is 1.40. The summed E-state index contributed by atoms with van der Waals surface area (Å²) < 4.78 is 27.6. The highest BCUT2D eigenvalue weighted by molar-refractivity contribution is 7.89. The van der Waals surface area contributed by atoms with E-state index in [4.69, 9.17) is 0 Å². The van der Waals surface area contributed by atoms with Gasteiger partial charge in [0.25, 0.3) is 5.91 Å². The van der Waals surface area contributed by atoms with Crippen molar-refractivity contribution in [3.63, 3.8) is 0 Å². The zero-order valence-electron chi connectivity index (χ0n) is 15.9. The van der Waals surface area contributed by atoms with Gasteiger partial charge < -0.3 is 4.90 Å². The highest BCUT2D eigenvalue weighted by Gasteiger charge is 2.22. The van der Waals surface area contributed by atoms with Crippen LogP contribution >= 0.6 is 11.3 Å². The van der Waals surface area contributed by atoms with Crippen LogP contribution in [0.15, 0.2) is 70.9 Å². The van der Waals surface area contributed by atoms with Crippen LogP contribution in [0.5, 0.6) is 0 Å². The van der Waals surface area contributed by atoms with Crippen LogP contribution in [-0.4, -0.2) is 32.3 Å². The standard InChI is InChI=1S/C22H22N2O3S2/c25-22(24-14-12-17-4-1-2-5-19(17)16-24)18-7-9-21(10-8-18)29(26,27)23-13-11-20-6-3-15-28-20/h1-10,15,23H,11-14,16H2. The van der Waals surface area contributed by atoms with Crippen molar-refractivity contribution in [1.29, 1.82) is 0 Å². The van der Waals surface area contributed by atoms with Crippen LogP contribution in [0.4, 0.5) is 0 Å². The number of thiophene rings is 1. The number of carbonyl (C=O) groups excluding carboxylic acids is 1. The third kappa shape index (κ3) is 4.58. The molecule has 0 spiro atoms. The first kappa shape index (κ1) is 19.8. The number of carbonyl (C=O) groups is 1. The van der Waals surface area contributed by atoms with Gasteiger partial charge in [-0.05, 0) is 59.7 Å². The molecule has 0 saturated carbocycles. The van der Waals surface area contributed by atoms with E-state index < -0.39 is 10.0 Å². The van der Waals surface area contributed by atoms with Crippen LogP contribution in [0.3, 0.4) is 0 Å². The van der Waals surface area contributed by atoms with Gasteiger partial charge in [0.1, 0.15) is 0 Å². The molecule has 1 N–H and O–H groups in total. The zero-order chi connectivity index (χ0) is 20.3. The number of nitrogens with one attached hydrogen (secondary N) is 1. The molecule has 3 aromatic rings. The zero-order valence-corrected chi connectivity index (χ0v) is 17.5. The van der Waals surface area contributed by atoms with Gasteiger partial charge in [-0.3, -0.25) is 4.79 Å². The van der Waals surface area contributed by atoms with Crippen LogP contribution < -0.4 is 4.72 Å². The first-order valence-corrected chi connectivity index (χ1v) is 11.9. The Morgan fingerprint density at radius 1 is 1.00 bits per heavy atom. The minimum Gasteiger partial charge on any atom is -0.334 e. The molecule has 1 aliphatic rings. The molecule has 1 aliphatic heterocycles. The Bertz CT molecular complexity index is 1090. The van der Waals surface area contributed by atoms with Crippen LogP contribution in [0.1, 0.15) is 26.4 Å². The van der Waals surface area contributed by atoms with E-state index in [2.05, 4.69) is 10.8 Å². The summed E-state index contributed by atoms with van der Waals surface area (Å²) >= 11 is 1.61. The van der Waals surface area contributed by atoms with Gasteiger partial charge in [-0.25, -0.2) is 13.1 Å². The molecule has 1 aromatic heterocycles. The van der Waals surface area contributed by atoms with E-state index in [-0.39, 0.29) is 10.8 Å². The van der Waals surface area contributed by atoms with Crippen molar-refractivity contribution >= 4 is 27.3 Å². The molecule has 2 aromatic carbocycles. The third-order valence-corrected chi connectivity index (χ3v) is 7.49. The van der Waals surface area contributed by atoms with Crippen molar-refractivity contribution in [2.75, 3.05) is 13.1 Å². The second kappa shape index (κ2) is 8.49. The molecule has 0 fully saturated rings. The van der Waals surface area contributed by atoms with Crippen molar-refractivity contribution in [1.82, 2.24) is 9.62 Å². The summed E-state index contributed by atoms with van der Waals surface area (Å²) in [6.45, 7) is 1.59. The van der Waals surface area contributed by atoms with Crippen LogP contribution in [-0.2, 0) is 29.4 Å². The molecule has 5 nitrogen and oxygen atoms in total. The molecule has 0 atom stereocenters. The number of rotatable bonds is 6. The SMILES string of the molecule is O=C(c1ccc(S(=O)(=O)NCCc2cccs2)cc1)N1CCc2ccccc2C1. The molecule has 2 heterocycles. The second-order valence-corrected chi connectivity index (χ2v) is 9.80. The van der Waals surface area contributed by atoms with Gasteiger partial charge in [0.15, 0.2) is 0 Å². The maximum absolute atomic E-state index is 12.8. The number of amides is 1.